The van der Waals surface area contributed by atoms with Crippen molar-refractivity contribution in [2.45, 2.75) is 37.5 Å². The Labute approximate surface area is 215 Å². The zero-order valence-corrected chi connectivity index (χ0v) is 21.1. The molecule has 0 bridgehead atoms. The highest BCUT2D eigenvalue weighted by Gasteiger charge is 2.37. The summed E-state index contributed by atoms with van der Waals surface area (Å²) in [7, 11) is 4.80. The van der Waals surface area contributed by atoms with Crippen molar-refractivity contribution >= 4 is 5.91 Å². The van der Waals surface area contributed by atoms with Gasteiger partial charge in [-0.25, -0.2) is 0 Å². The predicted molar refractivity (Wildman–Crippen MR) is 136 cm³/mol. The quantitative estimate of drug-likeness (QED) is 0.418. The third-order valence-electron chi connectivity index (χ3n) is 6.97. The lowest BCUT2D eigenvalue weighted by atomic mass is 9.86. The molecule has 0 aromatic heterocycles. The Kier molecular flexibility index (Phi) is 8.07. The van der Waals surface area contributed by atoms with Gasteiger partial charge in [0.05, 0.1) is 19.8 Å². The zero-order chi connectivity index (χ0) is 26.6. The van der Waals surface area contributed by atoms with Crippen LogP contribution >= 0.6 is 0 Å². The van der Waals surface area contributed by atoms with Gasteiger partial charge in [0.1, 0.15) is 6.04 Å². The molecule has 0 radical (unpaired) electrons. The van der Waals surface area contributed by atoms with Crippen LogP contribution in [-0.4, -0.2) is 38.6 Å². The first-order chi connectivity index (χ1) is 17.8. The van der Waals surface area contributed by atoms with Gasteiger partial charge in [-0.05, 0) is 65.8 Å². The van der Waals surface area contributed by atoms with E-state index in [9.17, 15) is 18.0 Å². The fourth-order valence-electron chi connectivity index (χ4n) is 5.11. The number of carbonyl (C=O) groups is 1. The molecule has 2 atom stereocenters. The lowest BCUT2D eigenvalue weighted by molar-refractivity contribution is -0.137. The minimum Gasteiger partial charge on any atom is -0.493 e. The molecule has 0 aliphatic carbocycles. The summed E-state index contributed by atoms with van der Waals surface area (Å²) in [6, 6.07) is 18.2. The maximum atomic E-state index is 13.2. The average molecular weight is 513 g/mol. The third-order valence-corrected chi connectivity index (χ3v) is 6.97. The summed E-state index contributed by atoms with van der Waals surface area (Å²) < 4.78 is 50.2. The smallest absolute Gasteiger partial charge is 0.416 e. The Hall–Kier alpha value is -3.52. The summed E-state index contributed by atoms with van der Waals surface area (Å²) in [6.45, 7) is 0.632. The van der Waals surface area contributed by atoms with Gasteiger partial charge in [-0.3, -0.25) is 9.69 Å². The molecule has 4 rings (SSSR count). The lowest BCUT2D eigenvalue weighted by Crippen LogP contribution is -2.44. The van der Waals surface area contributed by atoms with E-state index in [2.05, 4.69) is 10.2 Å². The average Bonchev–Trinajstić information content (AvgIpc) is 2.91. The number of halogens is 3. The molecule has 1 aliphatic heterocycles. The van der Waals surface area contributed by atoms with E-state index >= 15 is 0 Å². The number of hydrogen-bond donors (Lipinski definition) is 1. The van der Waals surface area contributed by atoms with Crippen LogP contribution in [0, 0.1) is 0 Å². The van der Waals surface area contributed by atoms with Gasteiger partial charge in [-0.2, -0.15) is 13.2 Å². The molecule has 1 aliphatic rings. The molecule has 1 amide bonds. The number of fused-ring (bicyclic) bond motifs is 1. The fourth-order valence-corrected chi connectivity index (χ4v) is 5.11. The normalized spacial score (nSPS) is 16.5. The summed E-state index contributed by atoms with van der Waals surface area (Å²) in [6.07, 6.45) is -2.51. The van der Waals surface area contributed by atoms with Gasteiger partial charge in [-0.15, -0.1) is 0 Å². The summed E-state index contributed by atoms with van der Waals surface area (Å²) >= 11 is 0. The van der Waals surface area contributed by atoms with Crippen molar-refractivity contribution in [3.63, 3.8) is 0 Å². The minimum atomic E-state index is -4.37. The van der Waals surface area contributed by atoms with E-state index in [0.29, 0.717) is 37.3 Å². The molecule has 196 valence electrons. The second-order valence-electron chi connectivity index (χ2n) is 9.07. The number of nitrogens with one attached hydrogen (secondary N) is 1. The summed E-state index contributed by atoms with van der Waals surface area (Å²) in [5.74, 6) is 1.12. The van der Waals surface area contributed by atoms with Crippen LogP contribution < -0.4 is 14.8 Å². The van der Waals surface area contributed by atoms with Gasteiger partial charge in [-0.1, -0.05) is 42.5 Å². The number of aryl methyl sites for hydroxylation is 1. The Balaban J connectivity index is 1.73. The van der Waals surface area contributed by atoms with Crippen LogP contribution in [0.25, 0.3) is 0 Å². The Morgan fingerprint density at radius 3 is 2.27 bits per heavy atom. The number of amides is 1. The molecule has 1 N–H and O–H groups in total. The molecule has 0 saturated heterocycles. The van der Waals surface area contributed by atoms with Gasteiger partial charge in [0.2, 0.25) is 5.91 Å². The molecule has 0 spiro atoms. The maximum Gasteiger partial charge on any atom is 0.416 e. The van der Waals surface area contributed by atoms with E-state index in [1.807, 2.05) is 42.5 Å². The number of benzene rings is 3. The van der Waals surface area contributed by atoms with Crippen molar-refractivity contribution in [2.24, 2.45) is 0 Å². The topological polar surface area (TPSA) is 50.8 Å². The largest absolute Gasteiger partial charge is 0.493 e. The van der Waals surface area contributed by atoms with Crippen molar-refractivity contribution in [2.75, 3.05) is 27.8 Å². The number of rotatable bonds is 8. The number of methoxy groups -OCH3 is 2. The molecule has 0 saturated carbocycles. The van der Waals surface area contributed by atoms with Crippen molar-refractivity contribution in [3.05, 3.63) is 94.5 Å². The highest BCUT2D eigenvalue weighted by atomic mass is 19.4. The van der Waals surface area contributed by atoms with Crippen LogP contribution in [0.1, 0.15) is 46.3 Å². The second kappa shape index (κ2) is 11.3. The van der Waals surface area contributed by atoms with Crippen LogP contribution in [-0.2, 0) is 23.8 Å². The van der Waals surface area contributed by atoms with Crippen LogP contribution in [0.4, 0.5) is 13.2 Å². The van der Waals surface area contributed by atoms with Crippen LogP contribution in [0.2, 0.25) is 0 Å². The first-order valence-corrected chi connectivity index (χ1v) is 12.2. The third kappa shape index (κ3) is 5.74. The van der Waals surface area contributed by atoms with Gasteiger partial charge in [0.25, 0.3) is 0 Å². The molecule has 3 aromatic rings. The highest BCUT2D eigenvalue weighted by molar-refractivity contribution is 5.83. The molecular weight excluding hydrogens is 481 g/mol. The molecule has 0 fully saturated rings. The second-order valence-corrected chi connectivity index (χ2v) is 9.07. The predicted octanol–water partition coefficient (Wildman–Crippen LogP) is 5.74. The van der Waals surface area contributed by atoms with E-state index in [4.69, 9.17) is 9.47 Å². The molecule has 8 heteroatoms. The monoisotopic (exact) mass is 512 g/mol. The van der Waals surface area contributed by atoms with E-state index < -0.39 is 17.8 Å². The van der Waals surface area contributed by atoms with Crippen LogP contribution in [0.15, 0.2) is 66.7 Å². The van der Waals surface area contributed by atoms with Gasteiger partial charge in [0, 0.05) is 19.6 Å². The molecule has 37 heavy (non-hydrogen) atoms. The van der Waals surface area contributed by atoms with E-state index in [1.54, 1.807) is 21.3 Å². The highest BCUT2D eigenvalue weighted by Crippen LogP contribution is 2.43. The Morgan fingerprint density at radius 2 is 1.68 bits per heavy atom. The zero-order valence-electron chi connectivity index (χ0n) is 21.1. The lowest BCUT2D eigenvalue weighted by Gasteiger charge is -2.42. The van der Waals surface area contributed by atoms with E-state index in [1.165, 1.54) is 12.1 Å². The summed E-state index contributed by atoms with van der Waals surface area (Å²) in [5, 5.41) is 2.81. The number of carbonyl (C=O) groups excluding carboxylic acids is 1. The first kappa shape index (κ1) is 26.5. The first-order valence-electron chi connectivity index (χ1n) is 12.2. The summed E-state index contributed by atoms with van der Waals surface area (Å²) in [4.78, 5) is 15.4. The molecule has 1 unspecified atom stereocenters. The molecular formula is C29H31F3N2O3. The number of alkyl halides is 3. The van der Waals surface area contributed by atoms with Crippen molar-refractivity contribution in [1.29, 1.82) is 0 Å². The molecule has 3 aromatic carbocycles. The SMILES string of the molecule is CNC(=O)[C@@H](c1ccccc1)N1CCc2cc(OC)c(OC)cc2C1CCc1ccc(C(F)(F)F)cc1. The number of ether oxygens (including phenoxy) is 2. The standard InChI is InChI=1S/C29H31F3N2O3/c1-33-28(35)27(20-7-5-4-6-8-20)34-16-15-21-17-25(36-2)26(37-3)18-23(21)24(34)14-11-19-9-12-22(13-10-19)29(30,31)32/h4-10,12-13,17-18,24,27H,11,14-16H2,1-3H3,(H,33,35)/t24?,27-/m1/s1. The van der Waals surface area contributed by atoms with E-state index in [0.717, 1.165) is 34.4 Å². The van der Waals surface area contributed by atoms with Crippen LogP contribution in [0.5, 0.6) is 11.5 Å². The summed E-state index contributed by atoms with van der Waals surface area (Å²) in [5.41, 5.74) is 3.15. The number of likely N-dealkylation sites (N-methyl/N-ethyl adjacent to an activating group) is 1. The molecule has 1 heterocycles. The van der Waals surface area contributed by atoms with Gasteiger partial charge < -0.3 is 14.8 Å². The number of hydrogen-bond acceptors (Lipinski definition) is 4. The van der Waals surface area contributed by atoms with Crippen molar-refractivity contribution < 1.29 is 27.4 Å². The van der Waals surface area contributed by atoms with Crippen molar-refractivity contribution in [3.8, 4) is 11.5 Å². The van der Waals surface area contributed by atoms with E-state index in [-0.39, 0.29) is 11.9 Å². The maximum absolute atomic E-state index is 13.2. The molecule has 5 nitrogen and oxygen atoms in total. The fraction of sp³-hybridized carbons (Fsp3) is 0.345. The van der Waals surface area contributed by atoms with Gasteiger partial charge in [0.15, 0.2) is 11.5 Å². The Morgan fingerprint density at radius 1 is 1.03 bits per heavy atom. The number of nitrogens with zero attached hydrogens (tertiary/aromatic N) is 1. The minimum absolute atomic E-state index is 0.116. The van der Waals surface area contributed by atoms with Crippen LogP contribution in [0.3, 0.4) is 0 Å². The van der Waals surface area contributed by atoms with Crippen molar-refractivity contribution in [1.82, 2.24) is 10.2 Å². The van der Waals surface area contributed by atoms with Gasteiger partial charge >= 0.3 is 6.18 Å². The Bertz CT molecular complexity index is 1210.